The Bertz CT molecular complexity index is 360. The smallest absolute Gasteiger partial charge is 0.305 e. The monoisotopic (exact) mass is 251 g/mol. The average Bonchev–Trinajstić information content (AvgIpc) is 2.35. The van der Waals surface area contributed by atoms with Crippen LogP contribution in [-0.2, 0) is 16.0 Å². The summed E-state index contributed by atoms with van der Waals surface area (Å²) in [6.45, 7) is 2.50. The largest absolute Gasteiger partial charge is 0.494 e. The van der Waals surface area contributed by atoms with Gasteiger partial charge in [-0.2, -0.15) is 0 Å². The predicted molar refractivity (Wildman–Crippen MR) is 70.5 cm³/mol. The Morgan fingerprint density at radius 2 is 2.00 bits per heavy atom. The molecule has 1 aromatic carbocycles. The second-order valence-corrected chi connectivity index (χ2v) is 4.35. The van der Waals surface area contributed by atoms with Crippen molar-refractivity contribution in [3.63, 3.8) is 0 Å². The molecule has 0 aliphatic heterocycles. The Kier molecular flexibility index (Phi) is 6.22. The number of rotatable bonds is 7. The number of methoxy groups -OCH3 is 1. The normalized spacial score (nSPS) is 11.9. The van der Waals surface area contributed by atoms with Crippen LogP contribution in [0.4, 0.5) is 0 Å². The Labute approximate surface area is 108 Å². The second kappa shape index (κ2) is 7.71. The minimum absolute atomic E-state index is 0.164. The maximum Gasteiger partial charge on any atom is 0.305 e. The van der Waals surface area contributed by atoms with Gasteiger partial charge in [0, 0.05) is 12.5 Å². The summed E-state index contributed by atoms with van der Waals surface area (Å²) in [7, 11) is 1.39. The minimum atomic E-state index is -0.203. The predicted octanol–water partition coefficient (Wildman–Crippen LogP) is 1.91. The van der Waals surface area contributed by atoms with E-state index in [9.17, 15) is 4.79 Å². The molecule has 1 unspecified atom stereocenters. The molecule has 1 rings (SSSR count). The van der Waals surface area contributed by atoms with Gasteiger partial charge in [-0.1, -0.05) is 12.1 Å². The summed E-state index contributed by atoms with van der Waals surface area (Å²) in [4.78, 5) is 10.9. The van der Waals surface area contributed by atoms with Crippen LogP contribution in [-0.4, -0.2) is 25.7 Å². The molecule has 0 aliphatic rings. The fourth-order valence-electron chi connectivity index (χ4n) is 1.60. The molecule has 0 saturated carbocycles. The lowest BCUT2D eigenvalue weighted by molar-refractivity contribution is -0.140. The standard InChI is InChI=1S/C14H21NO3/c1-11(15)10-12-5-7-13(8-6-12)18-9-3-4-14(16)17-2/h5-8,11H,3-4,9-10,15H2,1-2H3. The number of hydrogen-bond acceptors (Lipinski definition) is 4. The molecule has 100 valence electrons. The quantitative estimate of drug-likeness (QED) is 0.594. The third-order valence-electron chi connectivity index (χ3n) is 2.50. The molecule has 0 radical (unpaired) electrons. The van der Waals surface area contributed by atoms with Crippen LogP contribution in [0.2, 0.25) is 0 Å². The van der Waals surface area contributed by atoms with E-state index in [1.807, 2.05) is 31.2 Å². The van der Waals surface area contributed by atoms with Crippen molar-refractivity contribution in [1.82, 2.24) is 0 Å². The molecular formula is C14H21NO3. The zero-order valence-electron chi connectivity index (χ0n) is 11.0. The van der Waals surface area contributed by atoms with E-state index in [4.69, 9.17) is 10.5 Å². The number of carbonyl (C=O) groups excluding carboxylic acids is 1. The van der Waals surface area contributed by atoms with Gasteiger partial charge in [-0.25, -0.2) is 0 Å². The number of nitrogens with two attached hydrogens (primary N) is 1. The first kappa shape index (κ1) is 14.5. The Hall–Kier alpha value is -1.55. The van der Waals surface area contributed by atoms with Crippen molar-refractivity contribution in [2.45, 2.75) is 32.2 Å². The summed E-state index contributed by atoms with van der Waals surface area (Å²) in [6, 6.07) is 8.04. The first-order valence-electron chi connectivity index (χ1n) is 6.16. The Balaban J connectivity index is 2.28. The maximum absolute atomic E-state index is 10.9. The molecule has 0 fully saturated rings. The minimum Gasteiger partial charge on any atom is -0.494 e. The summed E-state index contributed by atoms with van der Waals surface area (Å²) < 4.78 is 10.1. The molecule has 18 heavy (non-hydrogen) atoms. The second-order valence-electron chi connectivity index (χ2n) is 4.35. The van der Waals surface area contributed by atoms with Crippen molar-refractivity contribution in [2.24, 2.45) is 5.73 Å². The summed E-state index contributed by atoms with van der Waals surface area (Å²) in [5, 5.41) is 0. The van der Waals surface area contributed by atoms with Crippen LogP contribution >= 0.6 is 0 Å². The highest BCUT2D eigenvalue weighted by Gasteiger charge is 2.01. The molecule has 2 N–H and O–H groups in total. The van der Waals surface area contributed by atoms with Crippen LogP contribution in [0.3, 0.4) is 0 Å². The van der Waals surface area contributed by atoms with E-state index >= 15 is 0 Å². The molecule has 0 bridgehead atoms. The zero-order chi connectivity index (χ0) is 13.4. The summed E-state index contributed by atoms with van der Waals surface area (Å²) >= 11 is 0. The molecule has 1 aromatic rings. The first-order chi connectivity index (χ1) is 8.61. The lowest BCUT2D eigenvalue weighted by Crippen LogP contribution is -2.17. The van der Waals surface area contributed by atoms with E-state index < -0.39 is 0 Å². The molecule has 4 heteroatoms. The maximum atomic E-state index is 10.9. The van der Waals surface area contributed by atoms with Crippen molar-refractivity contribution in [1.29, 1.82) is 0 Å². The lowest BCUT2D eigenvalue weighted by Gasteiger charge is -2.08. The van der Waals surface area contributed by atoms with Gasteiger partial charge in [0.05, 0.1) is 13.7 Å². The highest BCUT2D eigenvalue weighted by Crippen LogP contribution is 2.13. The van der Waals surface area contributed by atoms with Gasteiger partial charge < -0.3 is 15.2 Å². The van der Waals surface area contributed by atoms with Gasteiger partial charge in [-0.15, -0.1) is 0 Å². The molecule has 1 atom stereocenters. The van der Waals surface area contributed by atoms with Gasteiger partial charge in [0.15, 0.2) is 0 Å². The SMILES string of the molecule is COC(=O)CCCOc1ccc(CC(C)N)cc1. The van der Waals surface area contributed by atoms with Crippen molar-refractivity contribution < 1.29 is 14.3 Å². The Morgan fingerprint density at radius 1 is 1.33 bits per heavy atom. The van der Waals surface area contributed by atoms with E-state index in [-0.39, 0.29) is 12.0 Å². The molecule has 0 aliphatic carbocycles. The molecule has 0 aromatic heterocycles. The van der Waals surface area contributed by atoms with Crippen LogP contribution in [0.5, 0.6) is 5.75 Å². The van der Waals surface area contributed by atoms with E-state index in [0.29, 0.717) is 19.4 Å². The zero-order valence-corrected chi connectivity index (χ0v) is 11.0. The highest BCUT2D eigenvalue weighted by molar-refractivity contribution is 5.69. The van der Waals surface area contributed by atoms with Gasteiger partial charge >= 0.3 is 5.97 Å². The summed E-state index contributed by atoms with van der Waals surface area (Å²) in [5.74, 6) is 0.610. The van der Waals surface area contributed by atoms with Crippen LogP contribution < -0.4 is 10.5 Å². The number of ether oxygens (including phenoxy) is 2. The molecule has 0 amide bonds. The van der Waals surface area contributed by atoms with E-state index in [0.717, 1.165) is 12.2 Å². The topological polar surface area (TPSA) is 61.5 Å². The molecular weight excluding hydrogens is 230 g/mol. The Morgan fingerprint density at radius 3 is 2.56 bits per heavy atom. The van der Waals surface area contributed by atoms with E-state index in [1.165, 1.54) is 12.7 Å². The number of hydrogen-bond donors (Lipinski definition) is 1. The van der Waals surface area contributed by atoms with Crippen molar-refractivity contribution in [3.8, 4) is 5.75 Å². The van der Waals surface area contributed by atoms with Gasteiger partial charge in [-0.05, 0) is 37.5 Å². The molecule has 0 spiro atoms. The molecule has 4 nitrogen and oxygen atoms in total. The first-order valence-corrected chi connectivity index (χ1v) is 6.16. The molecule has 0 heterocycles. The van der Waals surface area contributed by atoms with Crippen LogP contribution in [0.25, 0.3) is 0 Å². The van der Waals surface area contributed by atoms with Crippen molar-refractivity contribution in [2.75, 3.05) is 13.7 Å². The summed E-state index contributed by atoms with van der Waals surface area (Å²) in [6.07, 6.45) is 1.91. The van der Waals surface area contributed by atoms with E-state index in [1.54, 1.807) is 0 Å². The van der Waals surface area contributed by atoms with Crippen LogP contribution in [0, 0.1) is 0 Å². The fraction of sp³-hybridized carbons (Fsp3) is 0.500. The highest BCUT2D eigenvalue weighted by atomic mass is 16.5. The number of esters is 1. The average molecular weight is 251 g/mol. The van der Waals surface area contributed by atoms with Crippen LogP contribution in [0.15, 0.2) is 24.3 Å². The fourth-order valence-corrected chi connectivity index (χ4v) is 1.60. The molecule has 0 saturated heterocycles. The third-order valence-corrected chi connectivity index (χ3v) is 2.50. The summed E-state index contributed by atoms with van der Waals surface area (Å²) in [5.41, 5.74) is 6.93. The van der Waals surface area contributed by atoms with Crippen LogP contribution in [0.1, 0.15) is 25.3 Å². The number of benzene rings is 1. The number of carbonyl (C=O) groups is 1. The van der Waals surface area contributed by atoms with Gasteiger partial charge in [-0.3, -0.25) is 4.79 Å². The van der Waals surface area contributed by atoms with E-state index in [2.05, 4.69) is 4.74 Å². The lowest BCUT2D eigenvalue weighted by atomic mass is 10.1. The van der Waals surface area contributed by atoms with Crippen molar-refractivity contribution in [3.05, 3.63) is 29.8 Å². The van der Waals surface area contributed by atoms with Gasteiger partial charge in [0.2, 0.25) is 0 Å². The van der Waals surface area contributed by atoms with Crippen molar-refractivity contribution >= 4 is 5.97 Å². The van der Waals surface area contributed by atoms with Gasteiger partial charge in [0.25, 0.3) is 0 Å². The third kappa shape index (κ3) is 5.68. The van der Waals surface area contributed by atoms with Gasteiger partial charge in [0.1, 0.15) is 5.75 Å².